The SMILES string of the molecule is O=C(NC1CCCC1)[C@H](c1ccc(F)cc1)N(C(=O)c1csnn1)c1ccccc1. The highest BCUT2D eigenvalue weighted by molar-refractivity contribution is 7.03. The lowest BCUT2D eigenvalue weighted by Gasteiger charge is -2.31. The molecule has 2 aromatic carbocycles. The van der Waals surface area contributed by atoms with Crippen LogP contribution in [-0.4, -0.2) is 27.4 Å². The molecule has 0 bridgehead atoms. The maximum Gasteiger partial charge on any atom is 0.280 e. The molecule has 30 heavy (non-hydrogen) atoms. The zero-order chi connectivity index (χ0) is 20.9. The number of anilines is 1. The minimum Gasteiger partial charge on any atom is -0.351 e. The van der Waals surface area contributed by atoms with E-state index in [4.69, 9.17) is 0 Å². The molecule has 8 heteroatoms. The van der Waals surface area contributed by atoms with Gasteiger partial charge in [0, 0.05) is 17.1 Å². The molecule has 1 N–H and O–H groups in total. The maximum absolute atomic E-state index is 13.6. The van der Waals surface area contributed by atoms with Gasteiger partial charge >= 0.3 is 0 Å². The van der Waals surface area contributed by atoms with Gasteiger partial charge in [-0.3, -0.25) is 14.5 Å². The molecule has 0 spiro atoms. The van der Waals surface area contributed by atoms with Crippen LogP contribution in [-0.2, 0) is 4.79 Å². The Morgan fingerprint density at radius 3 is 2.40 bits per heavy atom. The van der Waals surface area contributed by atoms with Crippen LogP contribution in [0.25, 0.3) is 0 Å². The van der Waals surface area contributed by atoms with E-state index in [-0.39, 0.29) is 17.6 Å². The van der Waals surface area contributed by atoms with Crippen molar-refractivity contribution in [3.8, 4) is 0 Å². The van der Waals surface area contributed by atoms with Crippen molar-refractivity contribution in [3.05, 3.63) is 77.1 Å². The summed E-state index contributed by atoms with van der Waals surface area (Å²) in [7, 11) is 0. The summed E-state index contributed by atoms with van der Waals surface area (Å²) in [4.78, 5) is 28.3. The van der Waals surface area contributed by atoms with Gasteiger partial charge in [-0.2, -0.15) is 0 Å². The largest absolute Gasteiger partial charge is 0.351 e. The maximum atomic E-state index is 13.6. The minimum atomic E-state index is -0.970. The Bertz CT molecular complexity index is 990. The summed E-state index contributed by atoms with van der Waals surface area (Å²) < 4.78 is 17.4. The number of amides is 2. The molecule has 0 unspecified atom stereocenters. The van der Waals surface area contributed by atoms with Crippen LogP contribution in [0.2, 0.25) is 0 Å². The lowest BCUT2D eigenvalue weighted by molar-refractivity contribution is -0.123. The molecule has 1 aliphatic rings. The number of rotatable bonds is 6. The number of carbonyl (C=O) groups is 2. The van der Waals surface area contributed by atoms with Crippen molar-refractivity contribution in [2.24, 2.45) is 0 Å². The first-order valence-electron chi connectivity index (χ1n) is 9.85. The van der Waals surface area contributed by atoms with Crippen LogP contribution in [0, 0.1) is 5.82 Å². The van der Waals surface area contributed by atoms with Gasteiger partial charge in [0.2, 0.25) is 5.91 Å². The number of hydrogen-bond donors (Lipinski definition) is 1. The molecule has 4 rings (SSSR count). The molecular weight excluding hydrogens is 403 g/mol. The quantitative estimate of drug-likeness (QED) is 0.646. The van der Waals surface area contributed by atoms with Gasteiger partial charge in [0.15, 0.2) is 5.69 Å². The Labute approximate surface area is 177 Å². The predicted molar refractivity (Wildman–Crippen MR) is 113 cm³/mol. The molecule has 154 valence electrons. The molecular formula is C22H21FN4O2S. The lowest BCUT2D eigenvalue weighted by atomic mass is 10.0. The molecule has 2 amide bonds. The minimum absolute atomic E-state index is 0.0779. The van der Waals surface area contributed by atoms with E-state index in [0.29, 0.717) is 11.3 Å². The summed E-state index contributed by atoms with van der Waals surface area (Å²) in [5.41, 5.74) is 1.23. The molecule has 0 radical (unpaired) electrons. The molecule has 1 heterocycles. The van der Waals surface area contributed by atoms with Gasteiger partial charge in [0.25, 0.3) is 5.91 Å². The third-order valence-electron chi connectivity index (χ3n) is 5.23. The van der Waals surface area contributed by atoms with Gasteiger partial charge in [-0.1, -0.05) is 47.7 Å². The van der Waals surface area contributed by atoms with Crippen molar-refractivity contribution in [2.75, 3.05) is 4.90 Å². The van der Waals surface area contributed by atoms with Crippen LogP contribution in [0.15, 0.2) is 60.0 Å². The standard InChI is InChI=1S/C22H21FN4O2S/c23-16-12-10-15(11-13-16)20(21(28)24-17-6-4-5-7-17)27(18-8-2-1-3-9-18)22(29)19-14-30-26-25-19/h1-3,8-14,17,20H,4-7H2,(H,24,28)/t20-/m0/s1. The Kier molecular flexibility index (Phi) is 6.13. The molecule has 6 nitrogen and oxygen atoms in total. The average molecular weight is 425 g/mol. The van der Waals surface area contributed by atoms with Crippen molar-refractivity contribution in [1.29, 1.82) is 0 Å². The van der Waals surface area contributed by atoms with E-state index in [0.717, 1.165) is 37.2 Å². The van der Waals surface area contributed by atoms with Crippen molar-refractivity contribution in [3.63, 3.8) is 0 Å². The number of para-hydroxylation sites is 1. The number of halogens is 1. The van der Waals surface area contributed by atoms with E-state index in [1.54, 1.807) is 29.6 Å². The van der Waals surface area contributed by atoms with E-state index in [1.807, 2.05) is 6.07 Å². The zero-order valence-corrected chi connectivity index (χ0v) is 17.0. The van der Waals surface area contributed by atoms with Gasteiger partial charge in [-0.25, -0.2) is 4.39 Å². The van der Waals surface area contributed by atoms with Gasteiger partial charge < -0.3 is 5.32 Å². The second-order valence-electron chi connectivity index (χ2n) is 7.24. The molecule has 1 aromatic heterocycles. The molecule has 1 saturated carbocycles. The van der Waals surface area contributed by atoms with E-state index in [9.17, 15) is 14.0 Å². The molecule has 0 saturated heterocycles. The molecule has 1 aliphatic carbocycles. The topological polar surface area (TPSA) is 75.2 Å². The fourth-order valence-electron chi connectivity index (χ4n) is 3.77. The third kappa shape index (κ3) is 4.38. The summed E-state index contributed by atoms with van der Waals surface area (Å²) in [5.74, 6) is -1.14. The van der Waals surface area contributed by atoms with Crippen molar-refractivity contribution < 1.29 is 14.0 Å². The van der Waals surface area contributed by atoms with Crippen LogP contribution in [0.3, 0.4) is 0 Å². The second-order valence-corrected chi connectivity index (χ2v) is 7.85. The summed E-state index contributed by atoms with van der Waals surface area (Å²) in [6, 6.07) is 13.7. The zero-order valence-electron chi connectivity index (χ0n) is 16.2. The first kappa shape index (κ1) is 20.2. The van der Waals surface area contributed by atoms with Crippen molar-refractivity contribution >= 4 is 29.0 Å². The summed E-state index contributed by atoms with van der Waals surface area (Å²) >= 11 is 1.07. The normalized spacial score (nSPS) is 15.0. The average Bonchev–Trinajstić information content (AvgIpc) is 3.47. The lowest BCUT2D eigenvalue weighted by Crippen LogP contribution is -2.46. The Morgan fingerprint density at radius 1 is 1.07 bits per heavy atom. The molecule has 0 aliphatic heterocycles. The molecule has 1 fully saturated rings. The van der Waals surface area contributed by atoms with Crippen molar-refractivity contribution in [1.82, 2.24) is 14.9 Å². The van der Waals surface area contributed by atoms with E-state index >= 15 is 0 Å². The van der Waals surface area contributed by atoms with E-state index in [1.165, 1.54) is 29.2 Å². The van der Waals surface area contributed by atoms with Crippen LogP contribution < -0.4 is 10.2 Å². The highest BCUT2D eigenvalue weighted by Gasteiger charge is 2.35. The number of carbonyl (C=O) groups excluding carboxylic acids is 2. The number of nitrogens with zero attached hydrogens (tertiary/aromatic N) is 3. The first-order chi connectivity index (χ1) is 14.6. The van der Waals surface area contributed by atoms with Crippen LogP contribution >= 0.6 is 11.5 Å². The van der Waals surface area contributed by atoms with Crippen molar-refractivity contribution in [2.45, 2.75) is 37.8 Å². The van der Waals surface area contributed by atoms with Crippen LogP contribution in [0.5, 0.6) is 0 Å². The second kappa shape index (κ2) is 9.13. The Hall–Kier alpha value is -3.13. The highest BCUT2D eigenvalue weighted by atomic mass is 32.1. The number of aromatic nitrogens is 2. The van der Waals surface area contributed by atoms with Crippen LogP contribution in [0.1, 0.15) is 47.8 Å². The number of nitrogens with one attached hydrogen (secondary N) is 1. The summed E-state index contributed by atoms with van der Waals surface area (Å²) in [6.07, 6.45) is 3.96. The number of benzene rings is 2. The molecule has 1 atom stereocenters. The summed E-state index contributed by atoms with van der Waals surface area (Å²) in [6.45, 7) is 0. The summed E-state index contributed by atoms with van der Waals surface area (Å²) in [5, 5.41) is 8.53. The van der Waals surface area contributed by atoms with E-state index < -0.39 is 17.8 Å². The Balaban J connectivity index is 1.78. The third-order valence-corrected chi connectivity index (χ3v) is 5.73. The van der Waals surface area contributed by atoms with Crippen LogP contribution in [0.4, 0.5) is 10.1 Å². The number of hydrogen-bond acceptors (Lipinski definition) is 5. The molecule has 3 aromatic rings. The van der Waals surface area contributed by atoms with Gasteiger partial charge in [0.1, 0.15) is 11.9 Å². The predicted octanol–water partition coefficient (Wildman–Crippen LogP) is 4.12. The van der Waals surface area contributed by atoms with Gasteiger partial charge in [-0.15, -0.1) is 5.10 Å². The first-order valence-corrected chi connectivity index (χ1v) is 10.7. The fourth-order valence-corrected chi connectivity index (χ4v) is 4.20. The highest BCUT2D eigenvalue weighted by Crippen LogP contribution is 2.30. The Morgan fingerprint density at radius 2 is 1.77 bits per heavy atom. The monoisotopic (exact) mass is 424 g/mol. The van der Waals surface area contributed by atoms with E-state index in [2.05, 4.69) is 14.9 Å². The fraction of sp³-hybridized carbons (Fsp3) is 0.273. The smallest absolute Gasteiger partial charge is 0.280 e. The van der Waals surface area contributed by atoms with Gasteiger partial charge in [0.05, 0.1) is 0 Å². The van der Waals surface area contributed by atoms with Gasteiger partial charge in [-0.05, 0) is 54.2 Å².